The Balaban J connectivity index is 0.00000192. The molecule has 9 heteroatoms. The van der Waals surface area contributed by atoms with E-state index in [1.165, 1.54) is 4.90 Å². The predicted octanol–water partition coefficient (Wildman–Crippen LogP) is 1.40. The van der Waals surface area contributed by atoms with Crippen molar-refractivity contribution < 1.29 is 23.1 Å². The molecule has 1 fully saturated rings. The van der Waals surface area contributed by atoms with Gasteiger partial charge in [-0.1, -0.05) is 0 Å². The zero-order valence-corrected chi connectivity index (χ0v) is 13.1. The number of benzene rings is 1. The number of carbonyl (C=O) groups excluding carboxylic acids is 2. The molecule has 2 aliphatic heterocycles. The summed E-state index contributed by atoms with van der Waals surface area (Å²) in [6, 6.07) is 3.89. The highest BCUT2D eigenvalue weighted by Crippen LogP contribution is 2.34. The molecule has 2 heterocycles. The Kier molecular flexibility index (Phi) is 4.76. The van der Waals surface area contributed by atoms with Crippen molar-refractivity contribution in [2.45, 2.75) is 18.4 Å². The van der Waals surface area contributed by atoms with Crippen molar-refractivity contribution in [1.82, 2.24) is 5.32 Å². The molecule has 2 amide bonds. The number of hydrogen-bond acceptors (Lipinski definition) is 4. The number of nitrogens with zero attached hydrogens (tertiary/aromatic N) is 1. The van der Waals surface area contributed by atoms with Crippen LogP contribution in [0.25, 0.3) is 0 Å². The van der Waals surface area contributed by atoms with Crippen molar-refractivity contribution in [3.63, 3.8) is 0 Å². The average molecular weight is 348 g/mol. The smallest absolute Gasteiger partial charge is 0.264 e. The number of fused-ring (bicyclic) bond motifs is 1. The number of rotatable bonds is 2. The van der Waals surface area contributed by atoms with Gasteiger partial charge in [0.2, 0.25) is 5.91 Å². The van der Waals surface area contributed by atoms with E-state index in [4.69, 9.17) is 4.74 Å². The fraction of sp³-hybridized carbons (Fsp3) is 0.429. The zero-order chi connectivity index (χ0) is 15.9. The molecule has 3 rings (SSSR count). The van der Waals surface area contributed by atoms with Gasteiger partial charge in [-0.15, -0.1) is 12.4 Å². The fourth-order valence-corrected chi connectivity index (χ4v) is 2.48. The summed E-state index contributed by atoms with van der Waals surface area (Å²) in [7, 11) is 1.61. The van der Waals surface area contributed by atoms with Gasteiger partial charge in [0.25, 0.3) is 11.8 Å². The van der Waals surface area contributed by atoms with Gasteiger partial charge >= 0.3 is 0 Å². The largest absolute Gasteiger partial charge is 0.482 e. The van der Waals surface area contributed by atoms with E-state index >= 15 is 0 Å². The molecule has 126 valence electrons. The normalized spacial score (nSPS) is 22.0. The van der Waals surface area contributed by atoms with Crippen LogP contribution in [-0.2, 0) is 9.59 Å². The monoisotopic (exact) mass is 347 g/mol. The van der Waals surface area contributed by atoms with Crippen LogP contribution >= 0.6 is 12.4 Å². The Morgan fingerprint density at radius 3 is 2.87 bits per heavy atom. The molecular weight excluding hydrogens is 332 g/mol. The molecule has 1 atom stereocenters. The van der Waals surface area contributed by atoms with Crippen LogP contribution in [-0.4, -0.2) is 44.0 Å². The summed E-state index contributed by atoms with van der Waals surface area (Å²) < 4.78 is 31.5. The summed E-state index contributed by atoms with van der Waals surface area (Å²) in [4.78, 5) is 25.0. The molecule has 0 saturated carbocycles. The number of ether oxygens (including phenoxy) is 1. The Hall–Kier alpha value is -1.93. The third-order valence-electron chi connectivity index (χ3n) is 3.74. The maximum Gasteiger partial charge on any atom is 0.264 e. The van der Waals surface area contributed by atoms with E-state index in [0.717, 1.165) is 0 Å². The lowest BCUT2D eigenvalue weighted by atomic mass is 10.1. The minimum Gasteiger partial charge on any atom is -0.482 e. The Labute approximate surface area is 137 Å². The second-order valence-electron chi connectivity index (χ2n) is 5.41. The molecule has 1 aromatic carbocycles. The van der Waals surface area contributed by atoms with E-state index in [9.17, 15) is 18.4 Å². The second-order valence-corrected chi connectivity index (χ2v) is 5.41. The standard InChI is InChI=1S/C14H15F2N3O3.ClH/c1-19-10-4-8(2-3-11(10)22-6-12(19)20)18-13(21)9-5-14(15,16)7-17-9;/h2-4,9,17H,5-7H2,1H3,(H,18,21);1H. The van der Waals surface area contributed by atoms with Gasteiger partial charge in [0.1, 0.15) is 5.75 Å². The molecular formula is C14H16ClF2N3O3. The van der Waals surface area contributed by atoms with Gasteiger partial charge in [0.15, 0.2) is 6.61 Å². The highest BCUT2D eigenvalue weighted by Gasteiger charge is 2.42. The molecule has 0 spiro atoms. The molecule has 0 aliphatic carbocycles. The van der Waals surface area contributed by atoms with Gasteiger partial charge in [-0.05, 0) is 18.2 Å². The molecule has 1 aromatic rings. The van der Waals surface area contributed by atoms with Crippen LogP contribution in [0.2, 0.25) is 0 Å². The molecule has 6 nitrogen and oxygen atoms in total. The van der Waals surface area contributed by atoms with Crippen molar-refractivity contribution in [3.05, 3.63) is 18.2 Å². The van der Waals surface area contributed by atoms with Crippen LogP contribution in [0.5, 0.6) is 5.75 Å². The van der Waals surface area contributed by atoms with E-state index in [1.54, 1.807) is 25.2 Å². The quantitative estimate of drug-likeness (QED) is 0.848. The Morgan fingerprint density at radius 1 is 1.48 bits per heavy atom. The van der Waals surface area contributed by atoms with Crippen molar-refractivity contribution >= 4 is 35.6 Å². The van der Waals surface area contributed by atoms with Gasteiger partial charge in [0, 0.05) is 19.2 Å². The summed E-state index contributed by atoms with van der Waals surface area (Å²) in [5.41, 5.74) is 0.949. The number of carbonyl (C=O) groups is 2. The molecule has 0 aromatic heterocycles. The lowest BCUT2D eigenvalue weighted by Crippen LogP contribution is -2.36. The SMILES string of the molecule is CN1C(=O)COc2ccc(NC(=O)C3CC(F)(F)CN3)cc21.Cl. The molecule has 1 unspecified atom stereocenters. The predicted molar refractivity (Wildman–Crippen MR) is 82.6 cm³/mol. The molecule has 23 heavy (non-hydrogen) atoms. The van der Waals surface area contributed by atoms with Gasteiger partial charge in [-0.3, -0.25) is 14.9 Å². The van der Waals surface area contributed by atoms with Gasteiger partial charge < -0.3 is 15.0 Å². The van der Waals surface area contributed by atoms with E-state index in [0.29, 0.717) is 17.1 Å². The number of hydrogen-bond donors (Lipinski definition) is 2. The minimum atomic E-state index is -2.86. The first-order valence-electron chi connectivity index (χ1n) is 6.81. The van der Waals surface area contributed by atoms with Gasteiger partial charge in [-0.25, -0.2) is 8.78 Å². The molecule has 0 bridgehead atoms. The zero-order valence-electron chi connectivity index (χ0n) is 12.3. The van der Waals surface area contributed by atoms with E-state index in [-0.39, 0.29) is 24.9 Å². The van der Waals surface area contributed by atoms with Crippen LogP contribution in [0.15, 0.2) is 18.2 Å². The van der Waals surface area contributed by atoms with Crippen LogP contribution in [0.4, 0.5) is 20.2 Å². The first-order valence-corrected chi connectivity index (χ1v) is 6.81. The lowest BCUT2D eigenvalue weighted by Gasteiger charge is -2.26. The van der Waals surface area contributed by atoms with E-state index in [1.807, 2.05) is 0 Å². The highest BCUT2D eigenvalue weighted by molar-refractivity contribution is 6.00. The third kappa shape index (κ3) is 3.53. The second kappa shape index (κ2) is 6.29. The molecule has 2 N–H and O–H groups in total. The summed E-state index contributed by atoms with van der Waals surface area (Å²) in [5.74, 6) is -3.06. The number of likely N-dealkylation sites (N-methyl/N-ethyl adjacent to an activating group) is 1. The molecule has 2 aliphatic rings. The van der Waals surface area contributed by atoms with Crippen molar-refractivity contribution in [3.8, 4) is 5.75 Å². The maximum absolute atomic E-state index is 13.1. The van der Waals surface area contributed by atoms with Crippen LogP contribution in [0.1, 0.15) is 6.42 Å². The fourth-order valence-electron chi connectivity index (χ4n) is 2.48. The number of halogens is 3. The van der Waals surface area contributed by atoms with Crippen molar-refractivity contribution in [2.24, 2.45) is 0 Å². The van der Waals surface area contributed by atoms with Gasteiger partial charge in [-0.2, -0.15) is 0 Å². The van der Waals surface area contributed by atoms with E-state index < -0.39 is 30.8 Å². The van der Waals surface area contributed by atoms with Crippen LogP contribution < -0.4 is 20.3 Å². The average Bonchev–Trinajstić information content (AvgIpc) is 2.84. The van der Waals surface area contributed by atoms with Crippen molar-refractivity contribution in [2.75, 3.05) is 30.4 Å². The minimum absolute atomic E-state index is 0. The Bertz CT molecular complexity index is 642. The Morgan fingerprint density at radius 2 is 2.22 bits per heavy atom. The molecule has 1 saturated heterocycles. The van der Waals surface area contributed by atoms with Crippen LogP contribution in [0.3, 0.4) is 0 Å². The number of anilines is 2. The summed E-state index contributed by atoms with van der Waals surface area (Å²) in [5, 5.41) is 5.07. The van der Waals surface area contributed by atoms with Crippen molar-refractivity contribution in [1.29, 1.82) is 0 Å². The number of alkyl halides is 2. The summed E-state index contributed by atoms with van der Waals surface area (Å²) in [6.07, 6.45) is -0.523. The summed E-state index contributed by atoms with van der Waals surface area (Å²) >= 11 is 0. The first kappa shape index (κ1) is 17.4. The van der Waals surface area contributed by atoms with Gasteiger partial charge in [0.05, 0.1) is 18.3 Å². The van der Waals surface area contributed by atoms with Crippen LogP contribution in [0, 0.1) is 0 Å². The molecule has 0 radical (unpaired) electrons. The summed E-state index contributed by atoms with van der Waals surface area (Å²) in [6.45, 7) is -0.531. The third-order valence-corrected chi connectivity index (χ3v) is 3.74. The number of amides is 2. The number of nitrogens with one attached hydrogen (secondary N) is 2. The maximum atomic E-state index is 13.1. The lowest BCUT2D eigenvalue weighted by molar-refractivity contribution is -0.121. The first-order chi connectivity index (χ1) is 10.4. The topological polar surface area (TPSA) is 70.7 Å². The van der Waals surface area contributed by atoms with E-state index in [2.05, 4.69) is 10.6 Å². The highest BCUT2D eigenvalue weighted by atomic mass is 35.5.